The van der Waals surface area contributed by atoms with E-state index in [1.807, 2.05) is 14.0 Å². The van der Waals surface area contributed by atoms with E-state index in [2.05, 4.69) is 4.90 Å². The van der Waals surface area contributed by atoms with Gasteiger partial charge in [0.2, 0.25) is 5.72 Å². The van der Waals surface area contributed by atoms with E-state index in [0.29, 0.717) is 23.6 Å². The molecule has 0 aliphatic carbocycles. The Morgan fingerprint density at radius 3 is 2.26 bits per heavy atom. The molecule has 3 atom stereocenters. The first kappa shape index (κ1) is 17.7. The summed E-state index contributed by atoms with van der Waals surface area (Å²) >= 11 is 0. The topological polar surface area (TPSA) is 55.8 Å². The Morgan fingerprint density at radius 2 is 1.65 bits per heavy atom. The summed E-state index contributed by atoms with van der Waals surface area (Å²) in [5.74, 6) is -0.680. The number of carbonyl (C=O) groups excluding carboxylic acids is 2. The molecule has 0 aromatic rings. The van der Waals surface area contributed by atoms with Crippen LogP contribution in [0.25, 0.3) is 0 Å². The fraction of sp³-hybridized carbons (Fsp3) is 0.667. The van der Waals surface area contributed by atoms with Gasteiger partial charge in [0.25, 0.3) is 0 Å². The SMILES string of the molecule is C/C=C(\C)C(=O)OC1CC[C@@H]2CC[C@@]1(OC(=O)/C(C)=C/C)N2C. The van der Waals surface area contributed by atoms with Crippen molar-refractivity contribution in [3.63, 3.8) is 0 Å². The fourth-order valence-electron chi connectivity index (χ4n) is 3.39. The van der Waals surface area contributed by atoms with E-state index in [9.17, 15) is 9.59 Å². The summed E-state index contributed by atoms with van der Waals surface area (Å²) < 4.78 is 11.6. The third kappa shape index (κ3) is 3.20. The van der Waals surface area contributed by atoms with Crippen LogP contribution < -0.4 is 0 Å². The van der Waals surface area contributed by atoms with Crippen LogP contribution in [0.5, 0.6) is 0 Å². The van der Waals surface area contributed by atoms with Crippen LogP contribution in [0.3, 0.4) is 0 Å². The van der Waals surface area contributed by atoms with Gasteiger partial charge in [-0.15, -0.1) is 0 Å². The molecular weight excluding hydrogens is 294 g/mol. The normalized spacial score (nSPS) is 31.9. The minimum atomic E-state index is -0.839. The largest absolute Gasteiger partial charge is 0.453 e. The number of allylic oxidation sites excluding steroid dienone is 2. The van der Waals surface area contributed by atoms with E-state index in [0.717, 1.165) is 19.3 Å². The van der Waals surface area contributed by atoms with Crippen molar-refractivity contribution in [1.29, 1.82) is 0 Å². The summed E-state index contributed by atoms with van der Waals surface area (Å²) in [7, 11) is 1.96. The van der Waals surface area contributed by atoms with Gasteiger partial charge in [-0.05, 0) is 54.0 Å². The lowest BCUT2D eigenvalue weighted by molar-refractivity contribution is -0.221. The van der Waals surface area contributed by atoms with Gasteiger partial charge >= 0.3 is 11.9 Å². The first-order valence-corrected chi connectivity index (χ1v) is 8.28. The van der Waals surface area contributed by atoms with Gasteiger partial charge < -0.3 is 9.47 Å². The molecule has 0 N–H and O–H groups in total. The number of piperidine rings is 1. The molecule has 0 aromatic heterocycles. The van der Waals surface area contributed by atoms with Crippen LogP contribution in [-0.2, 0) is 19.1 Å². The van der Waals surface area contributed by atoms with Crippen molar-refractivity contribution in [2.75, 3.05) is 7.05 Å². The van der Waals surface area contributed by atoms with Crippen molar-refractivity contribution in [3.05, 3.63) is 23.3 Å². The molecule has 5 heteroatoms. The van der Waals surface area contributed by atoms with E-state index >= 15 is 0 Å². The van der Waals surface area contributed by atoms with Gasteiger partial charge in [0, 0.05) is 23.6 Å². The standard InChI is InChI=1S/C18H27NO4/c1-6-12(3)16(20)22-15-9-8-14-10-11-18(15,19(14)5)23-17(21)13(4)7-2/h6-7,14-15H,8-11H2,1-5H3/b12-6+,13-7+/t14-,15?,18+/m1/s1. The van der Waals surface area contributed by atoms with Gasteiger partial charge in [0.1, 0.15) is 0 Å². The van der Waals surface area contributed by atoms with Gasteiger partial charge in [-0.3, -0.25) is 4.90 Å². The van der Waals surface area contributed by atoms with Crippen molar-refractivity contribution in [3.8, 4) is 0 Å². The Balaban J connectivity index is 2.25. The molecule has 0 amide bonds. The number of fused-ring (bicyclic) bond motifs is 2. The molecule has 2 fully saturated rings. The average molecular weight is 321 g/mol. The van der Waals surface area contributed by atoms with Crippen LogP contribution in [-0.4, -0.2) is 41.8 Å². The van der Waals surface area contributed by atoms with Crippen molar-refractivity contribution < 1.29 is 19.1 Å². The first-order chi connectivity index (χ1) is 10.9. The molecule has 5 nitrogen and oxygen atoms in total. The minimum absolute atomic E-state index is 0.338. The van der Waals surface area contributed by atoms with Crippen molar-refractivity contribution in [2.45, 2.75) is 71.2 Å². The van der Waals surface area contributed by atoms with Crippen molar-refractivity contribution in [2.24, 2.45) is 0 Å². The van der Waals surface area contributed by atoms with E-state index in [4.69, 9.17) is 9.47 Å². The molecule has 2 saturated heterocycles. The molecule has 2 rings (SSSR count). The highest BCUT2D eigenvalue weighted by Gasteiger charge is 2.57. The molecule has 2 aliphatic rings. The molecule has 0 spiro atoms. The maximum absolute atomic E-state index is 12.3. The first-order valence-electron chi connectivity index (χ1n) is 8.28. The summed E-state index contributed by atoms with van der Waals surface area (Å²) in [4.78, 5) is 26.6. The van der Waals surface area contributed by atoms with Crippen LogP contribution in [0.15, 0.2) is 23.3 Å². The number of esters is 2. The molecule has 1 unspecified atom stereocenters. The van der Waals surface area contributed by atoms with E-state index in [1.54, 1.807) is 32.9 Å². The molecule has 0 radical (unpaired) electrons. The number of carbonyl (C=O) groups is 2. The smallest absolute Gasteiger partial charge is 0.335 e. The second-order valence-corrected chi connectivity index (χ2v) is 6.45. The predicted octanol–water partition coefficient (Wildman–Crippen LogP) is 2.96. The minimum Gasteiger partial charge on any atom is -0.453 e. The second kappa shape index (κ2) is 6.87. The van der Waals surface area contributed by atoms with E-state index in [-0.39, 0.29) is 11.9 Å². The molecule has 2 bridgehead atoms. The Morgan fingerprint density at radius 1 is 1.04 bits per heavy atom. The zero-order valence-corrected chi connectivity index (χ0v) is 14.7. The van der Waals surface area contributed by atoms with Gasteiger partial charge in [0.15, 0.2) is 6.10 Å². The number of nitrogens with zero attached hydrogens (tertiary/aromatic N) is 1. The Hall–Kier alpha value is -1.62. The van der Waals surface area contributed by atoms with Crippen LogP contribution in [0.4, 0.5) is 0 Å². The number of hydrogen-bond acceptors (Lipinski definition) is 5. The molecule has 128 valence electrons. The number of likely N-dealkylation sites (N-methyl/N-ethyl adjacent to an activating group) is 1. The third-order valence-electron chi connectivity index (χ3n) is 5.27. The fourth-order valence-corrected chi connectivity index (χ4v) is 3.39. The summed E-state index contributed by atoms with van der Waals surface area (Å²) in [5.41, 5.74) is 0.295. The number of hydrogen-bond donors (Lipinski definition) is 0. The number of ether oxygens (including phenoxy) is 2. The predicted molar refractivity (Wildman–Crippen MR) is 87.6 cm³/mol. The van der Waals surface area contributed by atoms with Crippen molar-refractivity contribution in [1.82, 2.24) is 4.90 Å². The summed E-state index contributed by atoms with van der Waals surface area (Å²) in [6.45, 7) is 7.08. The van der Waals surface area contributed by atoms with Gasteiger partial charge in [-0.2, -0.15) is 0 Å². The molecular formula is C18H27NO4. The Labute approximate surface area is 138 Å². The van der Waals surface area contributed by atoms with Gasteiger partial charge in [-0.25, -0.2) is 9.59 Å². The maximum Gasteiger partial charge on any atom is 0.335 e. The molecule has 0 saturated carbocycles. The molecule has 2 aliphatic heterocycles. The highest BCUT2D eigenvalue weighted by molar-refractivity contribution is 5.89. The average Bonchev–Trinajstić information content (AvgIpc) is 2.74. The third-order valence-corrected chi connectivity index (χ3v) is 5.27. The Bertz CT molecular complexity index is 549. The summed E-state index contributed by atoms with van der Waals surface area (Å²) in [6, 6.07) is 0.381. The molecule has 2 heterocycles. The monoisotopic (exact) mass is 321 g/mol. The number of rotatable bonds is 4. The quantitative estimate of drug-likeness (QED) is 0.588. The second-order valence-electron chi connectivity index (χ2n) is 6.45. The van der Waals surface area contributed by atoms with E-state index < -0.39 is 11.8 Å². The lowest BCUT2D eigenvalue weighted by Gasteiger charge is -2.46. The van der Waals surface area contributed by atoms with Crippen molar-refractivity contribution >= 4 is 11.9 Å². The lowest BCUT2D eigenvalue weighted by Crippen LogP contribution is -2.60. The zero-order valence-electron chi connectivity index (χ0n) is 14.7. The zero-order chi connectivity index (χ0) is 17.2. The van der Waals surface area contributed by atoms with Gasteiger partial charge in [0.05, 0.1) is 0 Å². The molecule has 23 heavy (non-hydrogen) atoms. The highest BCUT2D eigenvalue weighted by atomic mass is 16.6. The van der Waals surface area contributed by atoms with Gasteiger partial charge in [-0.1, -0.05) is 12.2 Å². The highest BCUT2D eigenvalue weighted by Crippen LogP contribution is 2.45. The van der Waals surface area contributed by atoms with Crippen LogP contribution in [0.1, 0.15) is 53.4 Å². The lowest BCUT2D eigenvalue weighted by atomic mass is 9.96. The van der Waals surface area contributed by atoms with Crippen LogP contribution in [0.2, 0.25) is 0 Å². The van der Waals surface area contributed by atoms with E-state index in [1.165, 1.54) is 0 Å². The molecule has 0 aromatic carbocycles. The summed E-state index contributed by atoms with van der Waals surface area (Å²) in [6.07, 6.45) is 6.36. The van der Waals surface area contributed by atoms with Crippen LogP contribution in [0, 0.1) is 0 Å². The summed E-state index contributed by atoms with van der Waals surface area (Å²) in [5, 5.41) is 0. The Kier molecular flexibility index (Phi) is 5.30. The maximum atomic E-state index is 12.3. The van der Waals surface area contributed by atoms with Crippen LogP contribution >= 0.6 is 0 Å².